The monoisotopic (exact) mass is 425 g/mol. The van der Waals surface area contributed by atoms with E-state index in [9.17, 15) is 14.4 Å². The van der Waals surface area contributed by atoms with Gasteiger partial charge in [-0.25, -0.2) is 9.59 Å². The number of nitrogens with one attached hydrogen (secondary N) is 2. The van der Waals surface area contributed by atoms with Gasteiger partial charge in [0.05, 0.1) is 17.3 Å². The molecule has 154 valence electrons. The molecule has 2 N–H and O–H groups in total. The van der Waals surface area contributed by atoms with Crippen molar-refractivity contribution in [3.63, 3.8) is 0 Å². The third-order valence-electron chi connectivity index (χ3n) is 5.25. The minimum Gasteiger partial charge on any atom is -0.456 e. The lowest BCUT2D eigenvalue weighted by molar-refractivity contribution is -0.136. The van der Waals surface area contributed by atoms with Crippen LogP contribution in [-0.2, 0) is 14.3 Å². The molecule has 2 aliphatic heterocycles. The van der Waals surface area contributed by atoms with E-state index in [4.69, 9.17) is 16.3 Å². The first-order chi connectivity index (χ1) is 14.3. The van der Waals surface area contributed by atoms with Crippen molar-refractivity contribution >= 4 is 35.2 Å². The molecule has 0 fully saturated rings. The predicted octanol–water partition coefficient (Wildman–Crippen LogP) is 3.47. The molecule has 0 saturated heterocycles. The Balaban J connectivity index is 1.60. The number of nitrogens with zero attached hydrogens (tertiary/aromatic N) is 1. The number of hydrogen-bond donors (Lipinski definition) is 2. The van der Waals surface area contributed by atoms with E-state index < -0.39 is 23.9 Å². The maximum absolute atomic E-state index is 12.8. The number of amides is 3. The van der Waals surface area contributed by atoms with Gasteiger partial charge in [-0.3, -0.25) is 9.69 Å². The molecular weight excluding hydrogens is 406 g/mol. The quantitative estimate of drug-likeness (QED) is 0.734. The number of urea groups is 1. The van der Waals surface area contributed by atoms with Gasteiger partial charge in [-0.2, -0.15) is 0 Å². The van der Waals surface area contributed by atoms with E-state index in [-0.39, 0.29) is 13.2 Å². The second-order valence-electron chi connectivity index (χ2n) is 7.28. The summed E-state index contributed by atoms with van der Waals surface area (Å²) in [4.78, 5) is 39.1. The number of benzene rings is 2. The van der Waals surface area contributed by atoms with Crippen LogP contribution in [0.1, 0.15) is 22.7 Å². The van der Waals surface area contributed by atoms with Crippen LogP contribution >= 0.6 is 11.6 Å². The fourth-order valence-electron chi connectivity index (χ4n) is 3.56. The molecule has 0 bridgehead atoms. The molecule has 2 aliphatic rings. The zero-order valence-electron chi connectivity index (χ0n) is 16.5. The Bertz CT molecular complexity index is 1080. The molecule has 2 aromatic carbocycles. The van der Waals surface area contributed by atoms with Gasteiger partial charge in [-0.15, -0.1) is 0 Å². The third-order valence-corrected chi connectivity index (χ3v) is 5.66. The van der Waals surface area contributed by atoms with E-state index >= 15 is 0 Å². The van der Waals surface area contributed by atoms with Crippen molar-refractivity contribution in [1.29, 1.82) is 0 Å². The maximum Gasteiger partial charge on any atom is 0.338 e. The van der Waals surface area contributed by atoms with E-state index in [1.54, 1.807) is 25.1 Å². The van der Waals surface area contributed by atoms with Gasteiger partial charge in [-0.1, -0.05) is 47.5 Å². The Morgan fingerprint density at radius 2 is 1.93 bits per heavy atom. The Kier molecular flexibility index (Phi) is 5.22. The van der Waals surface area contributed by atoms with E-state index in [1.807, 2.05) is 31.2 Å². The second-order valence-corrected chi connectivity index (χ2v) is 7.68. The van der Waals surface area contributed by atoms with Crippen LogP contribution < -0.4 is 10.6 Å². The van der Waals surface area contributed by atoms with Gasteiger partial charge in [0, 0.05) is 10.7 Å². The maximum atomic E-state index is 12.8. The molecule has 0 radical (unpaired) electrons. The summed E-state index contributed by atoms with van der Waals surface area (Å²) in [5, 5.41) is 6.12. The van der Waals surface area contributed by atoms with E-state index in [0.717, 1.165) is 16.7 Å². The van der Waals surface area contributed by atoms with Crippen molar-refractivity contribution in [1.82, 2.24) is 10.2 Å². The smallest absolute Gasteiger partial charge is 0.338 e. The predicted molar refractivity (Wildman–Crippen MR) is 112 cm³/mol. The first kappa shape index (κ1) is 20.0. The number of esters is 1. The fraction of sp³-hybridized carbons (Fsp3) is 0.227. The van der Waals surface area contributed by atoms with Crippen LogP contribution in [-0.4, -0.2) is 36.0 Å². The lowest BCUT2D eigenvalue weighted by atomic mass is 9.95. The summed E-state index contributed by atoms with van der Waals surface area (Å²) in [6, 6.07) is 11.7. The highest BCUT2D eigenvalue weighted by molar-refractivity contribution is 6.31. The van der Waals surface area contributed by atoms with Crippen LogP contribution in [0, 0.1) is 13.8 Å². The Hall–Kier alpha value is -3.32. The number of halogens is 1. The summed E-state index contributed by atoms with van der Waals surface area (Å²) in [6.07, 6.45) is 0. The van der Waals surface area contributed by atoms with Gasteiger partial charge in [0.2, 0.25) is 5.91 Å². The molecule has 0 aromatic heterocycles. The second kappa shape index (κ2) is 7.84. The Labute approximate surface area is 178 Å². The van der Waals surface area contributed by atoms with Crippen LogP contribution in [0.5, 0.6) is 0 Å². The topological polar surface area (TPSA) is 87.7 Å². The molecule has 30 heavy (non-hydrogen) atoms. The number of carbonyl (C=O) groups excluding carboxylic acids is 3. The first-order valence-corrected chi connectivity index (χ1v) is 9.82. The van der Waals surface area contributed by atoms with Gasteiger partial charge in [0.25, 0.3) is 0 Å². The standard InChI is InChI=1S/C22H20ClN3O4/c1-12-6-8-14(9-7-12)20-19-17(11-30-21(19)28)26(22(29)25-20)10-18(27)24-16-5-3-4-15(23)13(16)2/h3-9,20H,10-11H2,1-2H3,(H,24,27)(H,25,29)/t20-/m1/s1. The molecule has 4 rings (SSSR count). The van der Waals surface area contributed by atoms with Crippen molar-refractivity contribution in [3.05, 3.63) is 75.4 Å². The summed E-state index contributed by atoms with van der Waals surface area (Å²) in [7, 11) is 0. The van der Waals surface area contributed by atoms with Crippen molar-refractivity contribution < 1.29 is 19.1 Å². The lowest BCUT2D eigenvalue weighted by Crippen LogP contribution is -2.49. The van der Waals surface area contributed by atoms with Crippen molar-refractivity contribution in [3.8, 4) is 0 Å². The molecule has 7 nitrogen and oxygen atoms in total. The Morgan fingerprint density at radius 3 is 2.67 bits per heavy atom. The van der Waals surface area contributed by atoms with Crippen LogP contribution in [0.2, 0.25) is 5.02 Å². The van der Waals surface area contributed by atoms with Gasteiger partial charge in [0.1, 0.15) is 13.2 Å². The van der Waals surface area contributed by atoms with Crippen molar-refractivity contribution in [2.75, 3.05) is 18.5 Å². The highest BCUT2D eigenvalue weighted by Gasteiger charge is 2.42. The Morgan fingerprint density at radius 1 is 1.20 bits per heavy atom. The van der Waals surface area contributed by atoms with Gasteiger partial charge < -0.3 is 15.4 Å². The zero-order valence-corrected chi connectivity index (χ0v) is 17.2. The molecule has 0 aliphatic carbocycles. The number of ether oxygens (including phenoxy) is 1. The molecule has 3 amide bonds. The van der Waals surface area contributed by atoms with Crippen molar-refractivity contribution in [2.45, 2.75) is 19.9 Å². The highest BCUT2D eigenvalue weighted by atomic mass is 35.5. The molecule has 2 heterocycles. The van der Waals surface area contributed by atoms with Gasteiger partial charge in [0.15, 0.2) is 0 Å². The van der Waals surface area contributed by atoms with Gasteiger partial charge in [-0.05, 0) is 37.1 Å². The number of cyclic esters (lactones) is 1. The molecule has 0 saturated carbocycles. The van der Waals surface area contributed by atoms with Crippen LogP contribution in [0.15, 0.2) is 53.7 Å². The minimum atomic E-state index is -0.613. The molecular formula is C22H20ClN3O4. The molecule has 1 atom stereocenters. The third kappa shape index (κ3) is 3.64. The lowest BCUT2D eigenvalue weighted by Gasteiger charge is -2.32. The largest absolute Gasteiger partial charge is 0.456 e. The summed E-state index contributed by atoms with van der Waals surface area (Å²) in [6.45, 7) is 3.45. The van der Waals surface area contributed by atoms with E-state index in [2.05, 4.69) is 10.6 Å². The normalized spacial score (nSPS) is 18.1. The molecule has 8 heteroatoms. The molecule has 0 unspecified atom stereocenters. The average molecular weight is 426 g/mol. The number of anilines is 1. The average Bonchev–Trinajstić information content (AvgIpc) is 3.10. The van der Waals surface area contributed by atoms with Crippen LogP contribution in [0.3, 0.4) is 0 Å². The van der Waals surface area contributed by atoms with Crippen LogP contribution in [0.25, 0.3) is 0 Å². The zero-order chi connectivity index (χ0) is 21.4. The summed E-state index contributed by atoms with van der Waals surface area (Å²) in [5.74, 6) is -0.901. The first-order valence-electron chi connectivity index (χ1n) is 9.45. The number of hydrogen-bond acceptors (Lipinski definition) is 4. The van der Waals surface area contributed by atoms with E-state index in [0.29, 0.717) is 22.0 Å². The molecule has 0 spiro atoms. The van der Waals surface area contributed by atoms with Crippen LogP contribution in [0.4, 0.5) is 10.5 Å². The number of carbonyl (C=O) groups is 3. The van der Waals surface area contributed by atoms with Crippen molar-refractivity contribution in [2.24, 2.45) is 0 Å². The SMILES string of the molecule is Cc1ccc([C@H]2NC(=O)N(CC(=O)Nc3cccc(Cl)c3C)C3=C2C(=O)OC3)cc1. The van der Waals surface area contributed by atoms with E-state index in [1.165, 1.54) is 4.90 Å². The summed E-state index contributed by atoms with van der Waals surface area (Å²) in [5.41, 5.74) is 3.90. The summed E-state index contributed by atoms with van der Waals surface area (Å²) < 4.78 is 5.19. The summed E-state index contributed by atoms with van der Waals surface area (Å²) >= 11 is 6.10. The number of aryl methyl sites for hydroxylation is 1. The molecule has 2 aromatic rings. The highest BCUT2D eigenvalue weighted by Crippen LogP contribution is 2.35. The fourth-order valence-corrected chi connectivity index (χ4v) is 3.74. The number of rotatable bonds is 4. The van der Waals surface area contributed by atoms with Gasteiger partial charge >= 0.3 is 12.0 Å². The minimum absolute atomic E-state index is 0.0482.